The SMILES string of the molecule is CCOc1ccccc1N1C(=O)NC(=O)/C(=C\c2cc(C)n(-c3ccc4c(c3)OCO4)c2C)C1=O. The van der Waals surface area contributed by atoms with Gasteiger partial charge in [0.1, 0.15) is 11.3 Å². The highest BCUT2D eigenvalue weighted by molar-refractivity contribution is 6.39. The van der Waals surface area contributed by atoms with Crippen LogP contribution >= 0.6 is 0 Å². The van der Waals surface area contributed by atoms with Crippen LogP contribution in [0.4, 0.5) is 10.5 Å². The van der Waals surface area contributed by atoms with E-state index in [1.54, 1.807) is 31.2 Å². The molecule has 2 aromatic carbocycles. The van der Waals surface area contributed by atoms with Crippen LogP contribution in [0, 0.1) is 13.8 Å². The number of hydrogen-bond donors (Lipinski definition) is 1. The van der Waals surface area contributed by atoms with Crippen molar-refractivity contribution in [2.24, 2.45) is 0 Å². The molecule has 2 aliphatic heterocycles. The predicted octanol–water partition coefficient (Wildman–Crippen LogP) is 3.89. The van der Waals surface area contributed by atoms with E-state index in [1.807, 2.05) is 42.7 Å². The van der Waals surface area contributed by atoms with E-state index in [9.17, 15) is 14.4 Å². The van der Waals surface area contributed by atoms with E-state index in [0.29, 0.717) is 29.4 Å². The van der Waals surface area contributed by atoms with Crippen molar-refractivity contribution in [1.29, 1.82) is 0 Å². The van der Waals surface area contributed by atoms with Gasteiger partial charge in [-0.2, -0.15) is 0 Å². The van der Waals surface area contributed by atoms with Crippen LogP contribution in [0.5, 0.6) is 17.2 Å². The Morgan fingerprint density at radius 3 is 2.60 bits per heavy atom. The summed E-state index contributed by atoms with van der Waals surface area (Å²) in [7, 11) is 0. The smallest absolute Gasteiger partial charge is 0.336 e. The minimum absolute atomic E-state index is 0.151. The van der Waals surface area contributed by atoms with Crippen molar-refractivity contribution in [2.75, 3.05) is 18.3 Å². The van der Waals surface area contributed by atoms with Crippen LogP contribution in [-0.2, 0) is 9.59 Å². The lowest BCUT2D eigenvalue weighted by Crippen LogP contribution is -2.54. The molecule has 1 saturated heterocycles. The second kappa shape index (κ2) is 8.68. The molecule has 1 aromatic heterocycles. The first-order valence-electron chi connectivity index (χ1n) is 11.1. The summed E-state index contributed by atoms with van der Waals surface area (Å²) in [4.78, 5) is 39.6. The van der Waals surface area contributed by atoms with Crippen LogP contribution in [0.1, 0.15) is 23.9 Å². The number of fused-ring (bicyclic) bond motifs is 1. The molecule has 3 aromatic rings. The number of amides is 4. The molecule has 9 nitrogen and oxygen atoms in total. The lowest BCUT2D eigenvalue weighted by atomic mass is 10.1. The number of imide groups is 2. The Kier molecular flexibility index (Phi) is 5.52. The van der Waals surface area contributed by atoms with Gasteiger partial charge in [-0.15, -0.1) is 0 Å². The van der Waals surface area contributed by atoms with Gasteiger partial charge < -0.3 is 18.8 Å². The highest BCUT2D eigenvalue weighted by Crippen LogP contribution is 2.35. The van der Waals surface area contributed by atoms with Gasteiger partial charge in [-0.05, 0) is 62.7 Å². The zero-order chi connectivity index (χ0) is 24.7. The average Bonchev–Trinajstić information content (AvgIpc) is 3.40. The molecule has 2 aliphatic rings. The summed E-state index contributed by atoms with van der Waals surface area (Å²) in [5, 5.41) is 2.26. The van der Waals surface area contributed by atoms with Crippen molar-refractivity contribution in [1.82, 2.24) is 9.88 Å². The molecule has 3 heterocycles. The Balaban J connectivity index is 1.54. The fourth-order valence-electron chi connectivity index (χ4n) is 4.31. The number of urea groups is 1. The van der Waals surface area contributed by atoms with Gasteiger partial charge in [0.2, 0.25) is 6.79 Å². The minimum Gasteiger partial charge on any atom is -0.492 e. The Hall–Kier alpha value is -4.53. The van der Waals surface area contributed by atoms with Gasteiger partial charge in [-0.3, -0.25) is 14.9 Å². The number of nitrogens with zero attached hydrogens (tertiary/aromatic N) is 2. The van der Waals surface area contributed by atoms with Gasteiger partial charge in [0.15, 0.2) is 11.5 Å². The van der Waals surface area contributed by atoms with E-state index in [0.717, 1.165) is 22.0 Å². The largest absolute Gasteiger partial charge is 0.492 e. The molecule has 0 spiro atoms. The monoisotopic (exact) mass is 473 g/mol. The molecule has 4 amide bonds. The molecule has 0 saturated carbocycles. The van der Waals surface area contributed by atoms with Crippen LogP contribution < -0.4 is 24.4 Å². The lowest BCUT2D eigenvalue weighted by Gasteiger charge is -2.27. The van der Waals surface area contributed by atoms with Crippen LogP contribution in [0.15, 0.2) is 54.1 Å². The molecule has 35 heavy (non-hydrogen) atoms. The highest BCUT2D eigenvalue weighted by Gasteiger charge is 2.38. The number of rotatable bonds is 5. The first kappa shape index (κ1) is 22.3. The number of barbiturate groups is 1. The molecule has 0 atom stereocenters. The van der Waals surface area contributed by atoms with Crippen LogP contribution in [0.3, 0.4) is 0 Å². The number of hydrogen-bond acceptors (Lipinski definition) is 6. The fourth-order valence-corrected chi connectivity index (χ4v) is 4.31. The van der Waals surface area contributed by atoms with E-state index >= 15 is 0 Å². The number of carbonyl (C=O) groups is 3. The number of ether oxygens (including phenoxy) is 3. The zero-order valence-corrected chi connectivity index (χ0v) is 19.5. The fraction of sp³-hybridized carbons (Fsp3) is 0.192. The van der Waals surface area contributed by atoms with Crippen LogP contribution in [-0.4, -0.2) is 35.8 Å². The number of anilines is 1. The molecule has 0 radical (unpaired) electrons. The summed E-state index contributed by atoms with van der Waals surface area (Å²) >= 11 is 0. The Labute approximate surface area is 201 Å². The Morgan fingerprint density at radius 1 is 1.03 bits per heavy atom. The molecule has 0 bridgehead atoms. The maximum Gasteiger partial charge on any atom is 0.336 e. The lowest BCUT2D eigenvalue weighted by molar-refractivity contribution is -0.122. The summed E-state index contributed by atoms with van der Waals surface area (Å²) in [6.07, 6.45) is 1.51. The van der Waals surface area contributed by atoms with Gasteiger partial charge >= 0.3 is 6.03 Å². The van der Waals surface area contributed by atoms with Crippen LogP contribution in [0.25, 0.3) is 11.8 Å². The highest BCUT2D eigenvalue weighted by atomic mass is 16.7. The number of para-hydroxylation sites is 2. The molecular weight excluding hydrogens is 450 g/mol. The van der Waals surface area contributed by atoms with E-state index < -0.39 is 17.8 Å². The maximum atomic E-state index is 13.4. The molecule has 178 valence electrons. The second-order valence-electron chi connectivity index (χ2n) is 8.06. The van der Waals surface area contributed by atoms with E-state index in [2.05, 4.69) is 5.32 Å². The maximum absolute atomic E-state index is 13.4. The van der Waals surface area contributed by atoms with Gasteiger partial charge in [-0.1, -0.05) is 12.1 Å². The zero-order valence-electron chi connectivity index (χ0n) is 19.5. The quantitative estimate of drug-likeness (QED) is 0.446. The first-order chi connectivity index (χ1) is 16.9. The van der Waals surface area contributed by atoms with Crippen molar-refractivity contribution in [2.45, 2.75) is 20.8 Å². The van der Waals surface area contributed by atoms with Crippen molar-refractivity contribution < 1.29 is 28.6 Å². The number of nitrogens with one attached hydrogen (secondary N) is 1. The van der Waals surface area contributed by atoms with Crippen molar-refractivity contribution >= 4 is 29.6 Å². The topological polar surface area (TPSA) is 99.1 Å². The number of aryl methyl sites for hydroxylation is 1. The van der Waals surface area contributed by atoms with E-state index in [4.69, 9.17) is 14.2 Å². The first-order valence-corrected chi connectivity index (χ1v) is 11.1. The summed E-state index contributed by atoms with van der Waals surface area (Å²) in [5.41, 5.74) is 3.35. The van der Waals surface area contributed by atoms with E-state index in [-0.39, 0.29) is 18.1 Å². The molecule has 0 aliphatic carbocycles. The Morgan fingerprint density at radius 2 is 1.80 bits per heavy atom. The number of benzene rings is 2. The summed E-state index contributed by atoms with van der Waals surface area (Å²) in [5.74, 6) is 0.226. The molecule has 0 unspecified atom stereocenters. The number of carbonyl (C=O) groups excluding carboxylic acids is 3. The molecule has 9 heteroatoms. The summed E-state index contributed by atoms with van der Waals surface area (Å²) in [6, 6.07) is 13.4. The minimum atomic E-state index is -0.824. The molecule has 5 rings (SSSR count). The van der Waals surface area contributed by atoms with Gasteiger partial charge in [0, 0.05) is 23.1 Å². The van der Waals surface area contributed by atoms with Crippen molar-refractivity contribution in [3.63, 3.8) is 0 Å². The third-order valence-electron chi connectivity index (χ3n) is 5.89. The van der Waals surface area contributed by atoms with Gasteiger partial charge in [-0.25, -0.2) is 9.69 Å². The van der Waals surface area contributed by atoms with Crippen LogP contribution in [0.2, 0.25) is 0 Å². The second-order valence-corrected chi connectivity index (χ2v) is 8.06. The third kappa shape index (κ3) is 3.80. The summed E-state index contributed by atoms with van der Waals surface area (Å²) < 4.78 is 18.5. The van der Waals surface area contributed by atoms with Crippen molar-refractivity contribution in [3.05, 3.63) is 71.1 Å². The van der Waals surface area contributed by atoms with Gasteiger partial charge in [0.05, 0.1) is 12.3 Å². The Bertz CT molecular complexity index is 1400. The summed E-state index contributed by atoms with van der Waals surface area (Å²) in [6.45, 7) is 6.16. The predicted molar refractivity (Wildman–Crippen MR) is 128 cm³/mol. The van der Waals surface area contributed by atoms with E-state index in [1.165, 1.54) is 6.08 Å². The number of aromatic nitrogens is 1. The van der Waals surface area contributed by atoms with Gasteiger partial charge in [0.25, 0.3) is 11.8 Å². The standard InChI is InChI=1S/C26H23N3O6/c1-4-33-21-8-6-5-7-20(21)29-25(31)19(24(30)27-26(29)32)12-17-11-15(2)28(16(17)3)18-9-10-22-23(13-18)35-14-34-22/h5-13H,4,14H2,1-3H3,(H,27,30,32)/b19-12+. The molecule has 1 fully saturated rings. The average molecular weight is 473 g/mol. The van der Waals surface area contributed by atoms with Crippen molar-refractivity contribution in [3.8, 4) is 22.9 Å². The normalized spacial score (nSPS) is 16.1. The third-order valence-corrected chi connectivity index (χ3v) is 5.89. The molecule has 1 N–H and O–H groups in total. The molecular formula is C26H23N3O6.